The molecule has 0 fully saturated rings. The maximum Gasteiger partial charge on any atom is 0.472 e. The minimum absolute atomic E-state index is 0.0479. The highest BCUT2D eigenvalue weighted by Gasteiger charge is 2.26. The van der Waals surface area contributed by atoms with E-state index in [0.717, 1.165) is 12.8 Å². The van der Waals surface area contributed by atoms with E-state index in [4.69, 9.17) is 18.5 Å². The number of quaternary nitrogens is 1. The van der Waals surface area contributed by atoms with Crippen LogP contribution in [0.3, 0.4) is 0 Å². The average molecular weight is 551 g/mol. The highest BCUT2D eigenvalue weighted by molar-refractivity contribution is 7.47. The van der Waals surface area contributed by atoms with Crippen LogP contribution >= 0.6 is 7.82 Å². The minimum Gasteiger partial charge on any atom is -0.457 e. The molecule has 0 saturated carbocycles. The monoisotopic (exact) mass is 550 g/mol. The Bertz CT molecular complexity index is 610. The highest BCUT2D eigenvalue weighted by Crippen LogP contribution is 2.43. The van der Waals surface area contributed by atoms with Crippen molar-refractivity contribution in [2.45, 2.75) is 109 Å². The van der Waals surface area contributed by atoms with Crippen LogP contribution in [0.25, 0.3) is 0 Å². The molecule has 9 heteroatoms. The summed E-state index contributed by atoms with van der Waals surface area (Å²) in [6.07, 6.45) is 18.8. The lowest BCUT2D eigenvalue weighted by Gasteiger charge is -2.24. The Kier molecular flexibility index (Phi) is 22.7. The first-order valence-corrected chi connectivity index (χ1v) is 15.9. The van der Waals surface area contributed by atoms with Gasteiger partial charge in [-0.2, -0.15) is 0 Å². The van der Waals surface area contributed by atoms with E-state index < -0.39 is 19.9 Å². The Balaban J connectivity index is 3.97. The lowest BCUT2D eigenvalue weighted by atomic mass is 10.0. The first-order chi connectivity index (χ1) is 17.6. The van der Waals surface area contributed by atoms with Crippen LogP contribution in [0.2, 0.25) is 0 Å². The van der Waals surface area contributed by atoms with Crippen molar-refractivity contribution in [3.8, 4) is 0 Å². The van der Waals surface area contributed by atoms with Crippen LogP contribution in [0.15, 0.2) is 12.7 Å². The van der Waals surface area contributed by atoms with Crippen molar-refractivity contribution >= 4 is 13.8 Å². The number of esters is 1. The van der Waals surface area contributed by atoms with Crippen LogP contribution in [-0.4, -0.2) is 75.6 Å². The lowest BCUT2D eigenvalue weighted by Crippen LogP contribution is -2.37. The average Bonchev–Trinajstić information content (AvgIpc) is 2.81. The second-order valence-corrected chi connectivity index (χ2v) is 12.3. The normalized spacial score (nSPS) is 14.3. The number of phosphoric ester groups is 1. The molecule has 0 spiro atoms. The van der Waals surface area contributed by atoms with Gasteiger partial charge in [0.2, 0.25) is 0 Å². The molecule has 220 valence electrons. The number of carbonyl (C=O) groups excluding carboxylic acids is 1. The fourth-order valence-corrected chi connectivity index (χ4v) is 4.47. The maximum atomic E-state index is 12.1. The number of likely N-dealkylation sites (N-methyl/N-ethyl adjacent to an activating group) is 1. The lowest BCUT2D eigenvalue weighted by molar-refractivity contribution is -0.870. The van der Waals surface area contributed by atoms with Crippen LogP contribution in [0.4, 0.5) is 0 Å². The summed E-state index contributed by atoms with van der Waals surface area (Å²) in [5.41, 5.74) is 0. The number of unbranched alkanes of at least 4 members (excludes halogenated alkanes) is 13. The quantitative estimate of drug-likeness (QED) is 0.0395. The molecule has 0 aromatic carbocycles. The molecule has 0 rings (SSSR count). The van der Waals surface area contributed by atoms with Crippen molar-refractivity contribution in [2.75, 3.05) is 54.1 Å². The Morgan fingerprint density at radius 2 is 1.35 bits per heavy atom. The fourth-order valence-electron chi connectivity index (χ4n) is 3.73. The first kappa shape index (κ1) is 36.2. The third-order valence-electron chi connectivity index (χ3n) is 6.00. The summed E-state index contributed by atoms with van der Waals surface area (Å²) in [6.45, 7) is 6.78. The van der Waals surface area contributed by atoms with Crippen LogP contribution in [0.1, 0.15) is 103 Å². The van der Waals surface area contributed by atoms with E-state index in [1.807, 2.05) is 21.1 Å². The van der Waals surface area contributed by atoms with Gasteiger partial charge >= 0.3 is 13.8 Å². The van der Waals surface area contributed by atoms with E-state index in [-0.39, 0.29) is 26.2 Å². The van der Waals surface area contributed by atoms with Gasteiger partial charge in [-0.25, -0.2) is 4.57 Å². The molecule has 0 heterocycles. The predicted molar refractivity (Wildman–Crippen MR) is 150 cm³/mol. The SMILES string of the molecule is C=CCC(=O)O[C@H](COCCCCCCCCCCCCCCCC)COP(=O)(O)OCC[N+](C)(C)C. The molecule has 8 nitrogen and oxygen atoms in total. The minimum atomic E-state index is -4.24. The number of phosphoric acid groups is 1. The zero-order valence-electron chi connectivity index (χ0n) is 24.3. The van der Waals surface area contributed by atoms with E-state index in [1.54, 1.807) is 0 Å². The van der Waals surface area contributed by atoms with E-state index in [2.05, 4.69) is 13.5 Å². The van der Waals surface area contributed by atoms with E-state index >= 15 is 0 Å². The Morgan fingerprint density at radius 1 is 0.838 bits per heavy atom. The summed E-state index contributed by atoms with van der Waals surface area (Å²) < 4.78 is 33.8. The van der Waals surface area contributed by atoms with Gasteiger partial charge in [-0.05, 0) is 6.42 Å². The zero-order valence-corrected chi connectivity index (χ0v) is 25.2. The second kappa shape index (κ2) is 23.2. The standard InChI is InChI=1S/C28H56NO7P/c1-6-8-9-10-11-12-13-14-15-16-17-18-19-20-23-33-25-27(36-28(30)21-7-2)26-35-37(31,32)34-24-22-29(3,4)5/h7,27H,2,6,8-26H2,1,3-5H3/p+1/t27-/m1/s1. The topological polar surface area (TPSA) is 91.3 Å². The van der Waals surface area contributed by atoms with Crippen LogP contribution in [0, 0.1) is 0 Å². The summed E-state index contributed by atoms with van der Waals surface area (Å²) in [6, 6.07) is 0. The number of carbonyl (C=O) groups is 1. The van der Waals surface area contributed by atoms with Gasteiger partial charge in [0.05, 0.1) is 40.8 Å². The van der Waals surface area contributed by atoms with Gasteiger partial charge in [-0.1, -0.05) is 96.5 Å². The van der Waals surface area contributed by atoms with E-state index in [1.165, 1.54) is 83.1 Å². The van der Waals surface area contributed by atoms with Gasteiger partial charge in [0.1, 0.15) is 19.3 Å². The zero-order chi connectivity index (χ0) is 27.8. The van der Waals surface area contributed by atoms with Crippen LogP contribution < -0.4 is 0 Å². The Morgan fingerprint density at radius 3 is 1.84 bits per heavy atom. The van der Waals surface area contributed by atoms with Crippen molar-refractivity contribution in [3.63, 3.8) is 0 Å². The molecule has 0 saturated heterocycles. The Hall–Kier alpha value is -0.760. The molecular weight excluding hydrogens is 493 g/mol. The first-order valence-electron chi connectivity index (χ1n) is 14.4. The van der Waals surface area contributed by atoms with Gasteiger partial charge in [0, 0.05) is 6.61 Å². The number of ether oxygens (including phenoxy) is 2. The molecule has 0 radical (unpaired) electrons. The largest absolute Gasteiger partial charge is 0.472 e. The molecule has 0 aliphatic heterocycles. The van der Waals surface area contributed by atoms with Gasteiger partial charge in [-0.15, -0.1) is 6.58 Å². The van der Waals surface area contributed by atoms with Crippen molar-refractivity contribution in [3.05, 3.63) is 12.7 Å². The predicted octanol–water partition coefficient (Wildman–Crippen LogP) is 6.81. The summed E-state index contributed by atoms with van der Waals surface area (Å²) in [5.74, 6) is -0.484. The third-order valence-corrected chi connectivity index (χ3v) is 6.98. The van der Waals surface area contributed by atoms with E-state index in [9.17, 15) is 14.3 Å². The highest BCUT2D eigenvalue weighted by atomic mass is 31.2. The fraction of sp³-hybridized carbons (Fsp3) is 0.893. The molecule has 2 atom stereocenters. The van der Waals surface area contributed by atoms with Crippen LogP contribution in [-0.2, 0) is 27.9 Å². The molecule has 0 bridgehead atoms. The maximum absolute atomic E-state index is 12.1. The summed E-state index contributed by atoms with van der Waals surface area (Å²) >= 11 is 0. The molecule has 1 unspecified atom stereocenters. The number of nitrogens with zero attached hydrogens (tertiary/aromatic N) is 1. The van der Waals surface area contributed by atoms with Crippen molar-refractivity contribution in [2.24, 2.45) is 0 Å². The summed E-state index contributed by atoms with van der Waals surface area (Å²) in [5, 5.41) is 0. The number of rotatable bonds is 27. The smallest absolute Gasteiger partial charge is 0.457 e. The molecule has 0 aromatic heterocycles. The summed E-state index contributed by atoms with van der Waals surface area (Å²) in [4.78, 5) is 21.8. The van der Waals surface area contributed by atoms with Gasteiger partial charge in [-0.3, -0.25) is 13.8 Å². The molecule has 0 amide bonds. The van der Waals surface area contributed by atoms with Gasteiger partial charge in [0.25, 0.3) is 0 Å². The number of hydrogen-bond donors (Lipinski definition) is 1. The van der Waals surface area contributed by atoms with Crippen molar-refractivity contribution < 1.29 is 37.3 Å². The summed E-state index contributed by atoms with van der Waals surface area (Å²) in [7, 11) is 1.62. The molecule has 37 heavy (non-hydrogen) atoms. The van der Waals surface area contributed by atoms with Crippen molar-refractivity contribution in [1.82, 2.24) is 0 Å². The molecule has 0 aliphatic carbocycles. The van der Waals surface area contributed by atoms with Gasteiger partial charge in [0.15, 0.2) is 0 Å². The molecular formula is C28H57NO7P+. The van der Waals surface area contributed by atoms with Crippen LogP contribution in [0.5, 0.6) is 0 Å². The molecule has 1 N–H and O–H groups in total. The Labute approximate surface area is 227 Å². The van der Waals surface area contributed by atoms with Gasteiger partial charge < -0.3 is 18.9 Å². The molecule has 0 aliphatic rings. The molecule has 0 aromatic rings. The van der Waals surface area contributed by atoms with Crippen molar-refractivity contribution in [1.29, 1.82) is 0 Å². The van der Waals surface area contributed by atoms with E-state index in [0.29, 0.717) is 17.6 Å². The number of hydrogen-bond acceptors (Lipinski definition) is 6. The third kappa shape index (κ3) is 26.6. The second-order valence-electron chi connectivity index (χ2n) is 10.9.